The Kier molecular flexibility index (Phi) is 4.66. The molecule has 0 amide bonds. The first-order valence-corrected chi connectivity index (χ1v) is 6.76. The van der Waals surface area contributed by atoms with Crippen LogP contribution in [0, 0.1) is 11.7 Å². The molecular weight excluding hydrogens is 260 g/mol. The maximum absolute atomic E-state index is 13.6. The Morgan fingerprint density at radius 2 is 2.18 bits per heavy atom. The molecule has 0 spiro atoms. The van der Waals surface area contributed by atoms with Crippen LogP contribution in [0.2, 0.25) is 5.02 Å². The molecule has 1 aromatic carbocycles. The average molecular weight is 276 g/mol. The third-order valence-electron chi connectivity index (χ3n) is 3.26. The smallest absolute Gasteiger partial charge is 0.146 e. The van der Waals surface area contributed by atoms with E-state index in [2.05, 4.69) is 5.32 Å². The third-order valence-corrected chi connectivity index (χ3v) is 3.95. The third kappa shape index (κ3) is 3.57. The summed E-state index contributed by atoms with van der Waals surface area (Å²) in [5.74, 6) is 0.308. The van der Waals surface area contributed by atoms with Gasteiger partial charge >= 0.3 is 0 Å². The van der Waals surface area contributed by atoms with Gasteiger partial charge in [-0.05, 0) is 37.8 Å². The number of alkyl halides is 1. The molecule has 1 N–H and O–H groups in total. The highest BCUT2D eigenvalue weighted by molar-refractivity contribution is 6.30. The number of benzene rings is 1. The molecule has 4 heteroatoms. The number of rotatable bonds is 4. The molecule has 1 aliphatic rings. The lowest BCUT2D eigenvalue weighted by molar-refractivity contribution is 0.483. The average Bonchev–Trinajstić information content (AvgIpc) is 2.70. The van der Waals surface area contributed by atoms with Gasteiger partial charge in [0.05, 0.1) is 5.02 Å². The molecule has 0 aliphatic heterocycles. The van der Waals surface area contributed by atoms with Crippen molar-refractivity contribution in [2.45, 2.75) is 31.2 Å². The highest BCUT2D eigenvalue weighted by atomic mass is 35.5. The van der Waals surface area contributed by atoms with Crippen LogP contribution in [0.15, 0.2) is 18.2 Å². The van der Waals surface area contributed by atoms with Crippen LogP contribution in [0.3, 0.4) is 0 Å². The summed E-state index contributed by atoms with van der Waals surface area (Å²) in [4.78, 5) is 0. The van der Waals surface area contributed by atoms with Gasteiger partial charge in [0.25, 0.3) is 0 Å². The number of hydrogen-bond acceptors (Lipinski definition) is 1. The minimum atomic E-state index is -0.316. The fraction of sp³-hybridized carbons (Fsp3) is 0.538. The molecule has 2 unspecified atom stereocenters. The second kappa shape index (κ2) is 6.03. The van der Waals surface area contributed by atoms with E-state index in [-0.39, 0.29) is 10.8 Å². The van der Waals surface area contributed by atoms with Crippen molar-refractivity contribution < 1.29 is 4.39 Å². The van der Waals surface area contributed by atoms with Crippen LogP contribution in [0.1, 0.15) is 24.8 Å². The van der Waals surface area contributed by atoms with Gasteiger partial charge in [-0.1, -0.05) is 23.7 Å². The maximum Gasteiger partial charge on any atom is 0.146 e. The molecule has 17 heavy (non-hydrogen) atoms. The van der Waals surface area contributed by atoms with Gasteiger partial charge in [0.1, 0.15) is 5.82 Å². The van der Waals surface area contributed by atoms with Gasteiger partial charge in [0.2, 0.25) is 0 Å². The van der Waals surface area contributed by atoms with Crippen molar-refractivity contribution in [3.8, 4) is 0 Å². The van der Waals surface area contributed by atoms with E-state index in [9.17, 15) is 4.39 Å². The zero-order valence-corrected chi connectivity index (χ0v) is 11.1. The first-order valence-electron chi connectivity index (χ1n) is 5.94. The van der Waals surface area contributed by atoms with Gasteiger partial charge in [0.15, 0.2) is 0 Å². The minimum absolute atomic E-state index is 0.186. The Labute approximate surface area is 111 Å². The predicted molar refractivity (Wildman–Crippen MR) is 70.1 cm³/mol. The number of nitrogens with one attached hydrogen (secondary N) is 1. The van der Waals surface area contributed by atoms with Crippen molar-refractivity contribution in [1.82, 2.24) is 5.32 Å². The van der Waals surface area contributed by atoms with Gasteiger partial charge in [-0.2, -0.15) is 0 Å². The molecule has 2 rings (SSSR count). The fourth-order valence-corrected chi connectivity index (χ4v) is 2.87. The Morgan fingerprint density at radius 3 is 2.88 bits per heavy atom. The van der Waals surface area contributed by atoms with Crippen LogP contribution < -0.4 is 5.32 Å². The first-order chi connectivity index (χ1) is 8.16. The quantitative estimate of drug-likeness (QED) is 0.820. The van der Waals surface area contributed by atoms with Crippen LogP contribution in [-0.2, 0) is 6.54 Å². The predicted octanol–water partition coefficient (Wildman–Crippen LogP) is 3.98. The molecule has 94 valence electrons. The van der Waals surface area contributed by atoms with Gasteiger partial charge < -0.3 is 5.32 Å². The normalized spacial score (nSPS) is 24.2. The summed E-state index contributed by atoms with van der Waals surface area (Å²) >= 11 is 11.8. The lowest BCUT2D eigenvalue weighted by Crippen LogP contribution is -2.21. The van der Waals surface area contributed by atoms with Crippen LogP contribution in [-0.4, -0.2) is 11.9 Å². The fourth-order valence-electron chi connectivity index (χ4n) is 2.30. The Balaban J connectivity index is 1.80. The summed E-state index contributed by atoms with van der Waals surface area (Å²) in [5.41, 5.74) is 0.623. The van der Waals surface area contributed by atoms with E-state index < -0.39 is 0 Å². The van der Waals surface area contributed by atoms with Gasteiger partial charge in [-0.25, -0.2) is 4.39 Å². The standard InChI is InChI=1S/C13H16Cl2FN/c14-11-5-4-9(6-11)7-17-8-10-2-1-3-12(15)13(10)16/h1-3,9,11,17H,4-8H2. The van der Waals surface area contributed by atoms with Crippen LogP contribution in [0.5, 0.6) is 0 Å². The van der Waals surface area contributed by atoms with E-state index in [0.717, 1.165) is 19.4 Å². The zero-order valence-electron chi connectivity index (χ0n) is 9.56. The van der Waals surface area contributed by atoms with Crippen LogP contribution >= 0.6 is 23.2 Å². The second-order valence-corrected chi connectivity index (χ2v) is 5.64. The molecule has 0 aromatic heterocycles. The van der Waals surface area contributed by atoms with E-state index in [1.807, 2.05) is 0 Å². The Bertz CT molecular complexity index is 384. The Morgan fingerprint density at radius 1 is 1.35 bits per heavy atom. The zero-order chi connectivity index (χ0) is 12.3. The van der Waals surface area contributed by atoms with Crippen molar-refractivity contribution in [2.75, 3.05) is 6.54 Å². The van der Waals surface area contributed by atoms with Gasteiger partial charge in [0, 0.05) is 17.5 Å². The van der Waals surface area contributed by atoms with E-state index in [4.69, 9.17) is 23.2 Å². The molecular formula is C13H16Cl2FN. The topological polar surface area (TPSA) is 12.0 Å². The van der Waals surface area contributed by atoms with E-state index in [0.29, 0.717) is 23.4 Å². The molecule has 1 saturated carbocycles. The number of halogens is 3. The SMILES string of the molecule is Fc1c(Cl)cccc1CNCC1CCC(Cl)C1. The molecule has 0 heterocycles. The molecule has 1 aromatic rings. The lowest BCUT2D eigenvalue weighted by atomic mass is 10.1. The summed E-state index contributed by atoms with van der Waals surface area (Å²) < 4.78 is 13.6. The molecule has 1 fully saturated rings. The maximum atomic E-state index is 13.6. The molecule has 2 atom stereocenters. The highest BCUT2D eigenvalue weighted by Gasteiger charge is 2.22. The van der Waals surface area contributed by atoms with Crippen molar-refractivity contribution in [3.05, 3.63) is 34.6 Å². The van der Waals surface area contributed by atoms with E-state index in [1.54, 1.807) is 18.2 Å². The van der Waals surface area contributed by atoms with Crippen molar-refractivity contribution >= 4 is 23.2 Å². The van der Waals surface area contributed by atoms with Crippen molar-refractivity contribution in [1.29, 1.82) is 0 Å². The van der Waals surface area contributed by atoms with Gasteiger partial charge in [-0.15, -0.1) is 11.6 Å². The van der Waals surface area contributed by atoms with E-state index >= 15 is 0 Å². The molecule has 0 bridgehead atoms. The molecule has 1 aliphatic carbocycles. The largest absolute Gasteiger partial charge is 0.312 e. The summed E-state index contributed by atoms with van der Waals surface area (Å²) in [6, 6.07) is 5.09. The van der Waals surface area contributed by atoms with Crippen molar-refractivity contribution in [2.24, 2.45) is 5.92 Å². The highest BCUT2D eigenvalue weighted by Crippen LogP contribution is 2.28. The summed E-state index contributed by atoms with van der Waals surface area (Å²) in [7, 11) is 0. The molecule has 1 nitrogen and oxygen atoms in total. The summed E-state index contributed by atoms with van der Waals surface area (Å²) in [5, 5.41) is 3.78. The first kappa shape index (κ1) is 13.1. The van der Waals surface area contributed by atoms with Gasteiger partial charge in [-0.3, -0.25) is 0 Å². The summed E-state index contributed by atoms with van der Waals surface area (Å²) in [6.45, 7) is 1.42. The molecule has 0 radical (unpaired) electrons. The number of hydrogen-bond donors (Lipinski definition) is 1. The Hall–Kier alpha value is -0.310. The minimum Gasteiger partial charge on any atom is -0.312 e. The van der Waals surface area contributed by atoms with Crippen molar-refractivity contribution in [3.63, 3.8) is 0 Å². The van der Waals surface area contributed by atoms with Crippen LogP contribution in [0.25, 0.3) is 0 Å². The molecule has 0 saturated heterocycles. The summed E-state index contributed by atoms with van der Waals surface area (Å²) in [6.07, 6.45) is 3.32. The second-order valence-electron chi connectivity index (χ2n) is 4.62. The van der Waals surface area contributed by atoms with E-state index in [1.165, 1.54) is 6.42 Å². The monoisotopic (exact) mass is 275 g/mol. The lowest BCUT2D eigenvalue weighted by Gasteiger charge is -2.11. The van der Waals surface area contributed by atoms with Crippen LogP contribution in [0.4, 0.5) is 4.39 Å².